The van der Waals surface area contributed by atoms with Crippen LogP contribution in [0.5, 0.6) is 0 Å². The van der Waals surface area contributed by atoms with Crippen molar-refractivity contribution < 1.29 is 8.78 Å². The second-order valence-corrected chi connectivity index (χ2v) is 5.76. The lowest BCUT2D eigenvalue weighted by atomic mass is 10.1. The summed E-state index contributed by atoms with van der Waals surface area (Å²) >= 11 is 1.73. The van der Waals surface area contributed by atoms with Gasteiger partial charge in [-0.15, -0.1) is 11.3 Å². The van der Waals surface area contributed by atoms with Crippen LogP contribution in [0.3, 0.4) is 0 Å². The van der Waals surface area contributed by atoms with Crippen molar-refractivity contribution >= 4 is 11.3 Å². The molecule has 4 heteroatoms. The van der Waals surface area contributed by atoms with E-state index in [1.165, 1.54) is 10.9 Å². The molecule has 1 nitrogen and oxygen atoms in total. The van der Waals surface area contributed by atoms with E-state index in [-0.39, 0.29) is 5.56 Å². The van der Waals surface area contributed by atoms with Crippen molar-refractivity contribution in [3.63, 3.8) is 0 Å². The Balaban J connectivity index is 2.00. The van der Waals surface area contributed by atoms with Crippen LogP contribution in [0.2, 0.25) is 0 Å². The Bertz CT molecular complexity index is 511. The van der Waals surface area contributed by atoms with Crippen molar-refractivity contribution in [2.24, 2.45) is 0 Å². The van der Waals surface area contributed by atoms with Crippen molar-refractivity contribution in [3.8, 4) is 0 Å². The van der Waals surface area contributed by atoms with E-state index in [1.54, 1.807) is 23.5 Å². The molecule has 2 rings (SSSR count). The summed E-state index contributed by atoms with van der Waals surface area (Å²) in [6.45, 7) is 2.77. The molecular weight excluding hydrogens is 276 g/mol. The van der Waals surface area contributed by atoms with Gasteiger partial charge in [0.2, 0.25) is 0 Å². The van der Waals surface area contributed by atoms with Crippen LogP contribution in [-0.4, -0.2) is 0 Å². The standard InChI is InChI=1S/C16H19F2NS/c1-2-5-14(15-8-4-9-20-15)19-11-12-6-3-7-13(10-12)16(17)18/h3-4,6-10,14,16,19H,2,5,11H2,1H3. The van der Waals surface area contributed by atoms with Crippen LogP contribution in [0.1, 0.15) is 48.2 Å². The highest BCUT2D eigenvalue weighted by molar-refractivity contribution is 7.10. The first-order chi connectivity index (χ1) is 9.70. The van der Waals surface area contributed by atoms with E-state index in [4.69, 9.17) is 0 Å². The molecule has 0 saturated carbocycles. The molecule has 0 amide bonds. The van der Waals surface area contributed by atoms with E-state index in [1.807, 2.05) is 12.1 Å². The average Bonchev–Trinajstić information content (AvgIpc) is 2.97. The minimum atomic E-state index is -2.40. The van der Waals surface area contributed by atoms with E-state index in [0.29, 0.717) is 12.6 Å². The summed E-state index contributed by atoms with van der Waals surface area (Å²) in [5.74, 6) is 0. The van der Waals surface area contributed by atoms with Crippen LogP contribution in [-0.2, 0) is 6.54 Å². The lowest BCUT2D eigenvalue weighted by Gasteiger charge is -2.17. The third kappa shape index (κ3) is 4.12. The highest BCUT2D eigenvalue weighted by Gasteiger charge is 2.12. The molecule has 1 heterocycles. The van der Waals surface area contributed by atoms with Crippen molar-refractivity contribution in [3.05, 3.63) is 57.8 Å². The number of benzene rings is 1. The quantitative estimate of drug-likeness (QED) is 0.729. The van der Waals surface area contributed by atoms with Crippen LogP contribution < -0.4 is 5.32 Å². The van der Waals surface area contributed by atoms with Gasteiger partial charge in [-0.2, -0.15) is 0 Å². The largest absolute Gasteiger partial charge is 0.305 e. The second-order valence-electron chi connectivity index (χ2n) is 4.78. The number of halogens is 2. The zero-order valence-corrected chi connectivity index (χ0v) is 12.3. The van der Waals surface area contributed by atoms with E-state index in [9.17, 15) is 8.78 Å². The highest BCUT2D eigenvalue weighted by atomic mass is 32.1. The highest BCUT2D eigenvalue weighted by Crippen LogP contribution is 2.24. The molecule has 108 valence electrons. The third-order valence-electron chi connectivity index (χ3n) is 3.22. The van der Waals surface area contributed by atoms with E-state index in [0.717, 1.165) is 18.4 Å². The molecule has 1 aromatic carbocycles. The molecule has 1 aromatic heterocycles. The Labute approximate surface area is 122 Å². The van der Waals surface area contributed by atoms with E-state index >= 15 is 0 Å². The minimum Gasteiger partial charge on any atom is -0.305 e. The second kappa shape index (κ2) is 7.50. The van der Waals surface area contributed by atoms with Gasteiger partial charge in [0.05, 0.1) is 0 Å². The molecular formula is C16H19F2NS. The molecule has 20 heavy (non-hydrogen) atoms. The van der Waals surface area contributed by atoms with Gasteiger partial charge in [0, 0.05) is 23.0 Å². The van der Waals surface area contributed by atoms with Gasteiger partial charge in [-0.05, 0) is 29.5 Å². The van der Waals surface area contributed by atoms with Gasteiger partial charge < -0.3 is 5.32 Å². The lowest BCUT2D eigenvalue weighted by Crippen LogP contribution is -2.20. The van der Waals surface area contributed by atoms with Crippen molar-refractivity contribution in [1.29, 1.82) is 0 Å². The fraction of sp³-hybridized carbons (Fsp3) is 0.375. The van der Waals surface area contributed by atoms with Crippen LogP contribution in [0.25, 0.3) is 0 Å². The maximum absolute atomic E-state index is 12.7. The van der Waals surface area contributed by atoms with E-state index in [2.05, 4.69) is 23.7 Å². The summed E-state index contributed by atoms with van der Waals surface area (Å²) in [5, 5.41) is 5.54. The van der Waals surface area contributed by atoms with Crippen molar-refractivity contribution in [2.45, 2.75) is 38.8 Å². The fourth-order valence-electron chi connectivity index (χ4n) is 2.20. The Kier molecular flexibility index (Phi) is 5.68. The Morgan fingerprint density at radius 3 is 2.70 bits per heavy atom. The molecule has 1 unspecified atom stereocenters. The molecule has 1 atom stereocenters. The normalized spacial score (nSPS) is 12.8. The molecule has 2 aromatic rings. The van der Waals surface area contributed by atoms with Crippen LogP contribution in [0.4, 0.5) is 8.78 Å². The molecule has 0 fully saturated rings. The first-order valence-electron chi connectivity index (χ1n) is 6.84. The topological polar surface area (TPSA) is 12.0 Å². The predicted octanol–water partition coefficient (Wildman–Crippen LogP) is 5.32. The van der Waals surface area contributed by atoms with Crippen LogP contribution in [0, 0.1) is 0 Å². The number of nitrogens with one attached hydrogen (secondary N) is 1. The predicted molar refractivity (Wildman–Crippen MR) is 80.2 cm³/mol. The first kappa shape index (κ1) is 15.1. The molecule has 0 saturated heterocycles. The lowest BCUT2D eigenvalue weighted by molar-refractivity contribution is 0.151. The van der Waals surface area contributed by atoms with Gasteiger partial charge in [-0.3, -0.25) is 0 Å². The van der Waals surface area contributed by atoms with Gasteiger partial charge in [0.15, 0.2) is 0 Å². The fourth-order valence-corrected chi connectivity index (χ4v) is 3.04. The van der Waals surface area contributed by atoms with Gasteiger partial charge in [0.1, 0.15) is 0 Å². The molecule has 0 aliphatic heterocycles. The smallest absolute Gasteiger partial charge is 0.263 e. The number of alkyl halides is 2. The van der Waals surface area contributed by atoms with Crippen LogP contribution >= 0.6 is 11.3 Å². The number of thiophene rings is 1. The summed E-state index contributed by atoms with van der Waals surface area (Å²) in [6.07, 6.45) is -0.263. The van der Waals surface area contributed by atoms with Crippen molar-refractivity contribution in [1.82, 2.24) is 5.32 Å². The maximum atomic E-state index is 12.7. The number of hydrogen-bond acceptors (Lipinski definition) is 2. The molecule has 0 spiro atoms. The summed E-state index contributed by atoms with van der Waals surface area (Å²) in [4.78, 5) is 1.30. The zero-order chi connectivity index (χ0) is 14.4. The molecule has 0 radical (unpaired) electrons. The average molecular weight is 295 g/mol. The van der Waals surface area contributed by atoms with Gasteiger partial charge in [-0.25, -0.2) is 8.78 Å². The molecule has 0 aliphatic carbocycles. The Hall–Kier alpha value is -1.26. The summed E-state index contributed by atoms with van der Waals surface area (Å²) in [6, 6.07) is 11.1. The number of hydrogen-bond donors (Lipinski definition) is 1. The summed E-state index contributed by atoms with van der Waals surface area (Å²) in [5.41, 5.74) is 0.993. The monoisotopic (exact) mass is 295 g/mol. The molecule has 0 aliphatic rings. The summed E-state index contributed by atoms with van der Waals surface area (Å²) < 4.78 is 25.3. The first-order valence-corrected chi connectivity index (χ1v) is 7.72. The van der Waals surface area contributed by atoms with Gasteiger partial charge in [-0.1, -0.05) is 37.6 Å². The van der Waals surface area contributed by atoms with Gasteiger partial charge in [0.25, 0.3) is 6.43 Å². The summed E-state index contributed by atoms with van der Waals surface area (Å²) in [7, 11) is 0. The molecule has 0 bridgehead atoms. The zero-order valence-electron chi connectivity index (χ0n) is 11.5. The Morgan fingerprint density at radius 1 is 1.20 bits per heavy atom. The molecule has 1 N–H and O–H groups in total. The minimum absolute atomic E-state index is 0.0902. The van der Waals surface area contributed by atoms with E-state index < -0.39 is 6.43 Å². The maximum Gasteiger partial charge on any atom is 0.263 e. The third-order valence-corrected chi connectivity index (χ3v) is 4.21. The van der Waals surface area contributed by atoms with Crippen LogP contribution in [0.15, 0.2) is 41.8 Å². The number of rotatable bonds is 7. The van der Waals surface area contributed by atoms with Gasteiger partial charge >= 0.3 is 0 Å². The van der Waals surface area contributed by atoms with Crippen molar-refractivity contribution in [2.75, 3.05) is 0 Å². The SMILES string of the molecule is CCCC(NCc1cccc(C(F)F)c1)c1cccs1. The Morgan fingerprint density at radius 2 is 2.05 bits per heavy atom.